The highest BCUT2D eigenvalue weighted by molar-refractivity contribution is 6.30. The summed E-state index contributed by atoms with van der Waals surface area (Å²) in [5.41, 5.74) is 0.606. The van der Waals surface area contributed by atoms with Crippen molar-refractivity contribution in [2.45, 2.75) is 18.9 Å². The van der Waals surface area contributed by atoms with Crippen LogP contribution in [0.25, 0.3) is 0 Å². The first-order chi connectivity index (χ1) is 11.0. The van der Waals surface area contributed by atoms with Crippen LogP contribution in [0.4, 0.5) is 5.95 Å². The smallest absolute Gasteiger partial charge is 0.257 e. The maximum Gasteiger partial charge on any atom is 0.257 e. The molecule has 0 bridgehead atoms. The van der Waals surface area contributed by atoms with Crippen molar-refractivity contribution in [1.29, 1.82) is 0 Å². The summed E-state index contributed by atoms with van der Waals surface area (Å²) in [5, 5.41) is 4.58. The van der Waals surface area contributed by atoms with Crippen LogP contribution >= 0.6 is 11.6 Å². The predicted molar refractivity (Wildman–Crippen MR) is 87.6 cm³/mol. The molecule has 8 heteroatoms. The van der Waals surface area contributed by atoms with Gasteiger partial charge >= 0.3 is 0 Å². The molecule has 0 radical (unpaired) electrons. The summed E-state index contributed by atoms with van der Waals surface area (Å²) in [6, 6.07) is 0.121. The van der Waals surface area contributed by atoms with E-state index in [-0.39, 0.29) is 11.9 Å². The quantitative estimate of drug-likeness (QED) is 0.853. The van der Waals surface area contributed by atoms with E-state index in [1.54, 1.807) is 41.4 Å². The number of carbonyl (C=O) groups excluding carboxylic acids is 1. The topological polar surface area (TPSA) is 67.2 Å². The second kappa shape index (κ2) is 6.54. The van der Waals surface area contributed by atoms with Gasteiger partial charge in [0, 0.05) is 39.4 Å². The molecule has 3 heterocycles. The number of halogens is 1. The normalized spacial score (nSPS) is 18.0. The van der Waals surface area contributed by atoms with E-state index in [0.717, 1.165) is 19.4 Å². The molecular formula is C15H19ClN6O. The number of aryl methyl sites for hydroxylation is 1. The number of rotatable bonds is 3. The molecule has 1 aliphatic rings. The highest BCUT2D eigenvalue weighted by atomic mass is 35.5. The molecule has 7 nitrogen and oxygen atoms in total. The molecule has 3 rings (SSSR count). The predicted octanol–water partition coefficient (Wildman–Crippen LogP) is 1.60. The van der Waals surface area contributed by atoms with Crippen LogP contribution in [0.1, 0.15) is 23.2 Å². The van der Waals surface area contributed by atoms with E-state index >= 15 is 0 Å². The van der Waals surface area contributed by atoms with Crippen LogP contribution < -0.4 is 4.90 Å². The minimum Gasteiger partial charge on any atom is -0.339 e. The molecule has 1 unspecified atom stereocenters. The molecule has 1 atom stereocenters. The summed E-state index contributed by atoms with van der Waals surface area (Å²) in [4.78, 5) is 25.0. The molecule has 2 aromatic heterocycles. The zero-order valence-electron chi connectivity index (χ0n) is 13.2. The van der Waals surface area contributed by atoms with Crippen molar-refractivity contribution < 1.29 is 4.79 Å². The van der Waals surface area contributed by atoms with Crippen LogP contribution in [0.5, 0.6) is 0 Å². The Bertz CT molecular complexity index is 686. The van der Waals surface area contributed by atoms with E-state index in [0.29, 0.717) is 23.1 Å². The summed E-state index contributed by atoms with van der Waals surface area (Å²) >= 11 is 5.84. The number of likely N-dealkylation sites (N-methyl/N-ethyl adjacent to an activating group) is 1. The third-order valence-corrected chi connectivity index (χ3v) is 4.30. The molecule has 0 aliphatic carbocycles. The highest BCUT2D eigenvalue weighted by Crippen LogP contribution is 2.20. The second-order valence-electron chi connectivity index (χ2n) is 5.76. The van der Waals surface area contributed by atoms with Crippen molar-refractivity contribution in [2.75, 3.05) is 25.0 Å². The van der Waals surface area contributed by atoms with Gasteiger partial charge < -0.3 is 9.80 Å². The Morgan fingerprint density at radius 1 is 1.35 bits per heavy atom. The van der Waals surface area contributed by atoms with E-state index in [2.05, 4.69) is 20.0 Å². The zero-order chi connectivity index (χ0) is 16.4. The zero-order valence-corrected chi connectivity index (χ0v) is 13.9. The van der Waals surface area contributed by atoms with Crippen LogP contribution in [-0.2, 0) is 7.05 Å². The number of anilines is 1. The Balaban J connectivity index is 1.70. The summed E-state index contributed by atoms with van der Waals surface area (Å²) in [5.74, 6) is 0.642. The van der Waals surface area contributed by atoms with E-state index in [9.17, 15) is 4.79 Å². The average molecular weight is 335 g/mol. The number of amides is 1. The number of nitrogens with zero attached hydrogens (tertiary/aromatic N) is 6. The number of hydrogen-bond acceptors (Lipinski definition) is 5. The molecule has 23 heavy (non-hydrogen) atoms. The lowest BCUT2D eigenvalue weighted by Crippen LogP contribution is -2.49. The lowest BCUT2D eigenvalue weighted by molar-refractivity contribution is 0.0717. The number of hydrogen-bond donors (Lipinski definition) is 0. The van der Waals surface area contributed by atoms with Crippen LogP contribution in [0.3, 0.4) is 0 Å². The second-order valence-corrected chi connectivity index (χ2v) is 6.20. The molecule has 122 valence electrons. The fraction of sp³-hybridized carbons (Fsp3) is 0.467. The summed E-state index contributed by atoms with van der Waals surface area (Å²) in [6.45, 7) is 1.59. The van der Waals surface area contributed by atoms with Gasteiger partial charge in [0.25, 0.3) is 5.91 Å². The summed E-state index contributed by atoms with van der Waals surface area (Å²) < 4.78 is 1.63. The van der Waals surface area contributed by atoms with Crippen molar-refractivity contribution in [1.82, 2.24) is 24.6 Å². The van der Waals surface area contributed by atoms with Crippen LogP contribution in [0.15, 0.2) is 24.8 Å². The fourth-order valence-electron chi connectivity index (χ4n) is 2.82. The van der Waals surface area contributed by atoms with Gasteiger partial charge in [-0.15, -0.1) is 0 Å². The minimum atomic E-state index is -0.0121. The summed E-state index contributed by atoms with van der Waals surface area (Å²) in [6.07, 6.45) is 8.48. The van der Waals surface area contributed by atoms with Gasteiger partial charge in [-0.3, -0.25) is 9.48 Å². The standard InChI is InChI=1S/C15H19ClN6O/c1-20-9-11(6-19-20)14(23)21(2)13-4-3-5-22(10-13)15-17-7-12(16)8-18-15/h6-9,13H,3-5,10H2,1-2H3. The van der Waals surface area contributed by atoms with E-state index in [1.807, 2.05) is 7.05 Å². The number of carbonyl (C=O) groups is 1. The molecule has 0 aromatic carbocycles. The molecule has 0 saturated carbocycles. The maximum atomic E-state index is 12.6. The average Bonchev–Trinajstić information content (AvgIpc) is 3.01. The molecule has 0 spiro atoms. The van der Waals surface area contributed by atoms with E-state index < -0.39 is 0 Å². The third-order valence-electron chi connectivity index (χ3n) is 4.11. The van der Waals surface area contributed by atoms with Gasteiger partial charge in [-0.05, 0) is 12.8 Å². The van der Waals surface area contributed by atoms with Crippen molar-refractivity contribution >= 4 is 23.5 Å². The summed E-state index contributed by atoms with van der Waals surface area (Å²) in [7, 11) is 3.64. The van der Waals surface area contributed by atoms with Gasteiger partial charge in [0.15, 0.2) is 0 Å². The monoisotopic (exact) mass is 334 g/mol. The van der Waals surface area contributed by atoms with Gasteiger partial charge in [0.05, 0.1) is 29.2 Å². The molecule has 1 aliphatic heterocycles. The van der Waals surface area contributed by atoms with Crippen molar-refractivity contribution in [3.63, 3.8) is 0 Å². The van der Waals surface area contributed by atoms with Crippen LogP contribution in [0, 0.1) is 0 Å². The molecular weight excluding hydrogens is 316 g/mol. The third kappa shape index (κ3) is 3.44. The Labute approximate surface area is 139 Å². The highest BCUT2D eigenvalue weighted by Gasteiger charge is 2.28. The Morgan fingerprint density at radius 3 is 2.74 bits per heavy atom. The molecule has 1 fully saturated rings. The van der Waals surface area contributed by atoms with Gasteiger partial charge in [-0.25, -0.2) is 9.97 Å². The lowest BCUT2D eigenvalue weighted by Gasteiger charge is -2.37. The lowest BCUT2D eigenvalue weighted by atomic mass is 10.0. The fourth-order valence-corrected chi connectivity index (χ4v) is 2.92. The van der Waals surface area contributed by atoms with Gasteiger partial charge in [-0.1, -0.05) is 11.6 Å². The van der Waals surface area contributed by atoms with E-state index in [1.165, 1.54) is 0 Å². The minimum absolute atomic E-state index is 0.0121. The van der Waals surface area contributed by atoms with Crippen LogP contribution in [0.2, 0.25) is 5.02 Å². The van der Waals surface area contributed by atoms with Gasteiger partial charge in [0.2, 0.25) is 5.95 Å². The molecule has 1 saturated heterocycles. The SMILES string of the molecule is CN(C(=O)c1cnn(C)c1)C1CCCN(c2ncc(Cl)cn2)C1. The first-order valence-electron chi connectivity index (χ1n) is 7.53. The largest absolute Gasteiger partial charge is 0.339 e. The molecule has 0 N–H and O–H groups in total. The Kier molecular flexibility index (Phi) is 4.47. The number of aromatic nitrogens is 4. The van der Waals surface area contributed by atoms with Gasteiger partial charge in [0.1, 0.15) is 0 Å². The Hall–Kier alpha value is -2.15. The molecule has 1 amide bonds. The van der Waals surface area contributed by atoms with Crippen molar-refractivity contribution in [2.24, 2.45) is 7.05 Å². The number of piperidine rings is 1. The maximum absolute atomic E-state index is 12.6. The van der Waals surface area contributed by atoms with Crippen LogP contribution in [-0.4, -0.2) is 56.7 Å². The van der Waals surface area contributed by atoms with Crippen molar-refractivity contribution in [3.05, 3.63) is 35.4 Å². The Morgan fingerprint density at radius 2 is 2.09 bits per heavy atom. The molecule has 2 aromatic rings. The van der Waals surface area contributed by atoms with Crippen molar-refractivity contribution in [3.8, 4) is 0 Å². The first-order valence-corrected chi connectivity index (χ1v) is 7.90. The van der Waals surface area contributed by atoms with Gasteiger partial charge in [-0.2, -0.15) is 5.10 Å². The van der Waals surface area contributed by atoms with E-state index in [4.69, 9.17) is 11.6 Å². The first kappa shape index (κ1) is 15.7.